The van der Waals surface area contributed by atoms with Gasteiger partial charge in [0.25, 0.3) is 0 Å². The molecule has 32 heavy (non-hydrogen) atoms. The van der Waals surface area contributed by atoms with E-state index in [0.717, 1.165) is 53.7 Å². The van der Waals surface area contributed by atoms with Gasteiger partial charge in [0.1, 0.15) is 0 Å². The first kappa shape index (κ1) is 23.0. The van der Waals surface area contributed by atoms with Crippen LogP contribution in [0.15, 0.2) is 37.2 Å². The molecule has 0 spiro atoms. The minimum Gasteiger partial charge on any atom is -0.415 e. The van der Waals surface area contributed by atoms with Crippen LogP contribution in [0.1, 0.15) is 52.0 Å². The zero-order valence-electron chi connectivity index (χ0n) is 20.1. The summed E-state index contributed by atoms with van der Waals surface area (Å²) in [5.74, 6) is 0. The van der Waals surface area contributed by atoms with Crippen molar-refractivity contribution >= 4 is 25.3 Å². The molecule has 0 aliphatic carbocycles. The Kier molecular flexibility index (Phi) is 6.43. The maximum absolute atomic E-state index is 6.31. The number of rotatable bonds is 7. The first-order chi connectivity index (χ1) is 15.2. The van der Waals surface area contributed by atoms with Gasteiger partial charge in [-0.25, -0.2) is 4.68 Å². The van der Waals surface area contributed by atoms with E-state index in [1.165, 1.54) is 6.42 Å². The summed E-state index contributed by atoms with van der Waals surface area (Å²) in [5.41, 5.74) is 4.20. The highest BCUT2D eigenvalue weighted by Gasteiger charge is 2.36. The minimum absolute atomic E-state index is 0.00875. The van der Waals surface area contributed by atoms with Crippen LogP contribution in [-0.2, 0) is 15.7 Å². The number of fused-ring (bicyclic) bond motifs is 1. The minimum atomic E-state index is -1.74. The Labute approximate surface area is 192 Å². The Morgan fingerprint density at radius 1 is 1.25 bits per heavy atom. The summed E-state index contributed by atoms with van der Waals surface area (Å²) >= 11 is 0. The third-order valence-corrected chi connectivity index (χ3v) is 11.5. The number of hydrogen-bond acceptors (Lipinski definition) is 4. The third-order valence-electron chi connectivity index (χ3n) is 6.91. The number of nitrogens with zero attached hydrogens (tertiary/aromatic N) is 4. The number of ether oxygens (including phenoxy) is 1. The number of hydrogen-bond donors (Lipinski definition) is 0. The molecule has 0 saturated carbocycles. The van der Waals surface area contributed by atoms with Crippen molar-refractivity contribution in [2.24, 2.45) is 0 Å². The first-order valence-corrected chi connectivity index (χ1v) is 14.5. The average molecular weight is 453 g/mol. The zero-order chi connectivity index (χ0) is 22.9. The normalized spacial score (nSPS) is 17.7. The lowest BCUT2D eigenvalue weighted by molar-refractivity contribution is -0.0367. The summed E-state index contributed by atoms with van der Waals surface area (Å²) in [6, 6.07) is 6.47. The maximum atomic E-state index is 6.31. The Morgan fingerprint density at radius 3 is 2.75 bits per heavy atom. The van der Waals surface area contributed by atoms with E-state index >= 15 is 0 Å². The lowest BCUT2D eigenvalue weighted by Gasteiger charge is -2.36. The molecule has 3 heterocycles. The van der Waals surface area contributed by atoms with E-state index < -0.39 is 8.32 Å². The van der Waals surface area contributed by atoms with Crippen LogP contribution < -0.4 is 0 Å². The zero-order valence-corrected chi connectivity index (χ0v) is 21.1. The second-order valence-corrected chi connectivity index (χ2v) is 15.0. The Morgan fingerprint density at radius 2 is 2.06 bits per heavy atom. The van der Waals surface area contributed by atoms with E-state index in [9.17, 15) is 0 Å². The van der Waals surface area contributed by atoms with Crippen LogP contribution in [0.25, 0.3) is 28.1 Å². The molecule has 3 aromatic rings. The van der Waals surface area contributed by atoms with Crippen molar-refractivity contribution in [3.63, 3.8) is 0 Å². The SMILES string of the molecule is C=Cc1nn(C2CCCCO2)c2ccc(-c3cnn(CCO[Si](C)(C)C(C)(C)C)c3)cc12. The molecule has 6 nitrogen and oxygen atoms in total. The predicted octanol–water partition coefficient (Wildman–Crippen LogP) is 6.26. The average Bonchev–Trinajstić information content (AvgIpc) is 3.37. The molecule has 0 N–H and O–H groups in total. The van der Waals surface area contributed by atoms with Crippen LogP contribution in [0, 0.1) is 0 Å². The van der Waals surface area contributed by atoms with Gasteiger partial charge in [-0.15, -0.1) is 0 Å². The molecule has 0 amide bonds. The lowest BCUT2D eigenvalue weighted by atomic mass is 10.1. The van der Waals surface area contributed by atoms with Gasteiger partial charge < -0.3 is 9.16 Å². The second kappa shape index (κ2) is 8.96. The quantitative estimate of drug-likeness (QED) is 0.397. The smallest absolute Gasteiger partial charge is 0.192 e. The van der Waals surface area contributed by atoms with Gasteiger partial charge in [0.05, 0.1) is 30.6 Å². The first-order valence-electron chi connectivity index (χ1n) is 11.6. The predicted molar refractivity (Wildman–Crippen MR) is 133 cm³/mol. The lowest BCUT2D eigenvalue weighted by Crippen LogP contribution is -2.41. The molecule has 1 unspecified atom stereocenters. The molecule has 0 radical (unpaired) electrons. The van der Waals surface area contributed by atoms with Gasteiger partial charge in [0, 0.05) is 23.8 Å². The summed E-state index contributed by atoms with van der Waals surface area (Å²) in [6.45, 7) is 17.6. The van der Waals surface area contributed by atoms with Crippen molar-refractivity contribution < 1.29 is 9.16 Å². The molecule has 2 aromatic heterocycles. The summed E-state index contributed by atoms with van der Waals surface area (Å²) in [7, 11) is -1.74. The van der Waals surface area contributed by atoms with Gasteiger partial charge >= 0.3 is 0 Å². The van der Waals surface area contributed by atoms with Gasteiger partial charge in [0.2, 0.25) is 0 Å². The highest BCUT2D eigenvalue weighted by atomic mass is 28.4. The number of benzene rings is 1. The molecule has 1 fully saturated rings. The highest BCUT2D eigenvalue weighted by Crippen LogP contribution is 2.36. The van der Waals surface area contributed by atoms with Crippen LogP contribution in [0.3, 0.4) is 0 Å². The van der Waals surface area contributed by atoms with E-state index in [4.69, 9.17) is 14.3 Å². The fourth-order valence-corrected chi connectivity index (χ4v) is 4.91. The van der Waals surface area contributed by atoms with Crippen molar-refractivity contribution in [3.05, 3.63) is 42.9 Å². The van der Waals surface area contributed by atoms with Crippen LogP contribution in [0.5, 0.6) is 0 Å². The largest absolute Gasteiger partial charge is 0.415 e. The number of aromatic nitrogens is 4. The topological polar surface area (TPSA) is 54.1 Å². The van der Waals surface area contributed by atoms with Crippen LogP contribution in [0.4, 0.5) is 0 Å². The van der Waals surface area contributed by atoms with Crippen molar-refractivity contribution in [2.45, 2.75) is 70.9 Å². The van der Waals surface area contributed by atoms with Gasteiger partial charge in [-0.2, -0.15) is 10.2 Å². The standard InChI is InChI=1S/C25H36N4O2Si/c1-7-22-21-16-19(11-12-23(21)29(27-22)24-10-8-9-14-30-24)20-17-26-28(18-20)13-15-31-32(5,6)25(2,3)4/h7,11-12,16-18,24H,1,8-10,13-15H2,2-6H3. The summed E-state index contributed by atoms with van der Waals surface area (Å²) < 4.78 is 16.3. The Bertz CT molecular complexity index is 1090. The molecular formula is C25H36N4O2Si. The molecule has 0 bridgehead atoms. The Hall–Kier alpha value is -2.22. The van der Waals surface area contributed by atoms with Gasteiger partial charge in [0.15, 0.2) is 14.5 Å². The fourth-order valence-electron chi connectivity index (χ4n) is 3.88. The molecule has 7 heteroatoms. The van der Waals surface area contributed by atoms with E-state index in [1.54, 1.807) is 0 Å². The van der Waals surface area contributed by atoms with Gasteiger partial charge in [-0.1, -0.05) is 33.4 Å². The van der Waals surface area contributed by atoms with Crippen LogP contribution in [0.2, 0.25) is 18.1 Å². The van der Waals surface area contributed by atoms with Crippen LogP contribution in [-0.4, -0.2) is 41.1 Å². The van der Waals surface area contributed by atoms with Crippen molar-refractivity contribution in [1.29, 1.82) is 0 Å². The summed E-state index contributed by atoms with van der Waals surface area (Å²) in [5, 5.41) is 10.7. The second-order valence-electron chi connectivity index (χ2n) is 10.2. The summed E-state index contributed by atoms with van der Waals surface area (Å²) in [4.78, 5) is 0. The molecule has 1 saturated heterocycles. The van der Waals surface area contributed by atoms with Gasteiger partial charge in [-0.05, 0) is 61.2 Å². The molecule has 1 aromatic carbocycles. The van der Waals surface area contributed by atoms with Crippen molar-refractivity contribution in [3.8, 4) is 11.1 Å². The van der Waals surface area contributed by atoms with E-state index in [-0.39, 0.29) is 11.3 Å². The molecule has 1 aliphatic heterocycles. The molecule has 172 valence electrons. The molecule has 4 rings (SSSR count). The van der Waals surface area contributed by atoms with E-state index in [2.05, 4.69) is 69.9 Å². The monoisotopic (exact) mass is 452 g/mol. The van der Waals surface area contributed by atoms with Crippen molar-refractivity contribution in [2.75, 3.05) is 13.2 Å². The third kappa shape index (κ3) is 4.60. The van der Waals surface area contributed by atoms with E-state index in [1.807, 2.05) is 21.6 Å². The maximum Gasteiger partial charge on any atom is 0.192 e. The molecule has 1 aliphatic rings. The van der Waals surface area contributed by atoms with Gasteiger partial charge in [-0.3, -0.25) is 4.68 Å². The summed E-state index contributed by atoms with van der Waals surface area (Å²) in [6.07, 6.45) is 9.15. The van der Waals surface area contributed by atoms with Crippen molar-refractivity contribution in [1.82, 2.24) is 19.6 Å². The Balaban J connectivity index is 1.52. The highest BCUT2D eigenvalue weighted by molar-refractivity contribution is 6.74. The van der Waals surface area contributed by atoms with Crippen LogP contribution >= 0.6 is 0 Å². The molecular weight excluding hydrogens is 416 g/mol. The van der Waals surface area contributed by atoms with E-state index in [0.29, 0.717) is 6.61 Å². The fraction of sp³-hybridized carbons (Fsp3) is 0.520. The molecule has 1 atom stereocenters.